The Kier molecular flexibility index (Phi) is 7.15. The van der Waals surface area contributed by atoms with Crippen LogP contribution in [0.25, 0.3) is 11.3 Å². The van der Waals surface area contributed by atoms with E-state index in [0.29, 0.717) is 27.9 Å². The van der Waals surface area contributed by atoms with Gasteiger partial charge in [0.2, 0.25) is 0 Å². The van der Waals surface area contributed by atoms with Crippen LogP contribution in [0.5, 0.6) is 5.75 Å². The molecule has 6 nitrogen and oxygen atoms in total. The number of aromatic nitrogens is 1. The van der Waals surface area contributed by atoms with E-state index < -0.39 is 11.4 Å². The molecule has 39 heavy (non-hydrogen) atoms. The van der Waals surface area contributed by atoms with Crippen molar-refractivity contribution in [1.29, 1.82) is 5.26 Å². The molecule has 0 aliphatic heterocycles. The Labute approximate surface area is 236 Å². The standard InChI is InChI=1S/C31H26Cl2N2O4/c1-17(2)29-23(28(35-39-29)27-18(3)5-4-6-25(27)32)15-38-21-11-12-22(26(33)13-21)24-14-31(24,16-34)20-9-7-19(8-10-20)30(36)37/h4-13,17,24H,14-15H2,1-3H3,(H,36,37). The number of hydrogen-bond acceptors (Lipinski definition) is 5. The summed E-state index contributed by atoms with van der Waals surface area (Å²) in [7, 11) is 0. The van der Waals surface area contributed by atoms with E-state index in [2.05, 4.69) is 11.2 Å². The third-order valence-corrected chi connectivity index (χ3v) is 7.98. The zero-order valence-corrected chi connectivity index (χ0v) is 23.2. The normalized spacial score (nSPS) is 18.1. The van der Waals surface area contributed by atoms with E-state index in [1.165, 1.54) is 12.1 Å². The Morgan fingerprint density at radius 1 is 1.18 bits per heavy atom. The molecule has 8 heteroatoms. The van der Waals surface area contributed by atoms with Gasteiger partial charge in [-0.25, -0.2) is 4.79 Å². The second kappa shape index (κ2) is 10.4. The van der Waals surface area contributed by atoms with Crippen LogP contribution in [0.3, 0.4) is 0 Å². The minimum atomic E-state index is -1.00. The Morgan fingerprint density at radius 3 is 2.54 bits per heavy atom. The largest absolute Gasteiger partial charge is 0.489 e. The molecule has 0 amide bonds. The summed E-state index contributed by atoms with van der Waals surface area (Å²) in [5, 5.41) is 24.7. The summed E-state index contributed by atoms with van der Waals surface area (Å²) < 4.78 is 11.9. The molecule has 1 heterocycles. The first-order chi connectivity index (χ1) is 18.7. The van der Waals surface area contributed by atoms with Crippen molar-refractivity contribution in [1.82, 2.24) is 5.16 Å². The van der Waals surface area contributed by atoms with Crippen molar-refractivity contribution in [2.75, 3.05) is 0 Å². The smallest absolute Gasteiger partial charge is 0.335 e. The number of benzene rings is 3. The molecule has 0 saturated heterocycles. The van der Waals surface area contributed by atoms with E-state index >= 15 is 0 Å². The minimum Gasteiger partial charge on any atom is -0.489 e. The molecule has 198 valence electrons. The number of nitriles is 1. The monoisotopic (exact) mass is 560 g/mol. The van der Waals surface area contributed by atoms with Gasteiger partial charge in [0, 0.05) is 22.4 Å². The van der Waals surface area contributed by atoms with Crippen LogP contribution in [0.4, 0.5) is 0 Å². The lowest BCUT2D eigenvalue weighted by molar-refractivity contribution is 0.0697. The third-order valence-electron chi connectivity index (χ3n) is 7.34. The molecule has 1 saturated carbocycles. The van der Waals surface area contributed by atoms with Gasteiger partial charge >= 0.3 is 5.97 Å². The summed E-state index contributed by atoms with van der Waals surface area (Å²) in [5.41, 5.74) is 4.39. The van der Waals surface area contributed by atoms with Crippen molar-refractivity contribution in [2.24, 2.45) is 0 Å². The topological polar surface area (TPSA) is 96.4 Å². The van der Waals surface area contributed by atoms with Gasteiger partial charge in [0.15, 0.2) is 0 Å². The van der Waals surface area contributed by atoms with Crippen molar-refractivity contribution in [3.63, 3.8) is 0 Å². The van der Waals surface area contributed by atoms with Gasteiger partial charge in [0.25, 0.3) is 0 Å². The van der Waals surface area contributed by atoms with E-state index in [0.717, 1.165) is 33.6 Å². The van der Waals surface area contributed by atoms with Crippen LogP contribution >= 0.6 is 23.2 Å². The quantitative estimate of drug-likeness (QED) is 0.232. The van der Waals surface area contributed by atoms with E-state index in [1.807, 2.05) is 51.1 Å². The van der Waals surface area contributed by atoms with Gasteiger partial charge < -0.3 is 14.4 Å². The molecule has 1 aliphatic carbocycles. The average molecular weight is 561 g/mol. The fourth-order valence-corrected chi connectivity index (χ4v) is 5.75. The molecule has 1 aliphatic rings. The van der Waals surface area contributed by atoms with Crippen molar-refractivity contribution < 1.29 is 19.2 Å². The Bertz CT molecular complexity index is 1580. The van der Waals surface area contributed by atoms with Gasteiger partial charge in [-0.15, -0.1) is 0 Å². The van der Waals surface area contributed by atoms with Gasteiger partial charge in [-0.1, -0.05) is 72.5 Å². The number of rotatable bonds is 8. The third kappa shape index (κ3) is 4.89. The SMILES string of the molecule is Cc1cccc(Cl)c1-c1noc(C(C)C)c1COc1ccc(C2CC2(C#N)c2ccc(C(=O)O)cc2)c(Cl)c1. The molecule has 0 bridgehead atoms. The highest BCUT2D eigenvalue weighted by Gasteiger charge is 2.57. The number of aryl methyl sites for hydroxylation is 1. The highest BCUT2D eigenvalue weighted by molar-refractivity contribution is 6.33. The zero-order valence-electron chi connectivity index (χ0n) is 21.7. The molecule has 5 rings (SSSR count). The summed E-state index contributed by atoms with van der Waals surface area (Å²) in [6, 6.07) is 20.1. The van der Waals surface area contributed by atoms with E-state index in [9.17, 15) is 15.2 Å². The van der Waals surface area contributed by atoms with Crippen LogP contribution < -0.4 is 4.74 Å². The van der Waals surface area contributed by atoms with Gasteiger partial charge in [-0.05, 0) is 60.4 Å². The van der Waals surface area contributed by atoms with Crippen molar-refractivity contribution >= 4 is 29.2 Å². The first-order valence-corrected chi connectivity index (χ1v) is 13.3. The first kappa shape index (κ1) is 26.8. The predicted octanol–water partition coefficient (Wildman–Crippen LogP) is 8.31. The van der Waals surface area contributed by atoms with Crippen molar-refractivity contribution in [3.05, 3.63) is 104 Å². The van der Waals surface area contributed by atoms with Crippen LogP contribution in [0.1, 0.15) is 70.5 Å². The fraction of sp³-hybridized carbons (Fsp3) is 0.258. The summed E-state index contributed by atoms with van der Waals surface area (Å²) in [4.78, 5) is 11.2. The van der Waals surface area contributed by atoms with Crippen LogP contribution in [0.2, 0.25) is 10.0 Å². The lowest BCUT2D eigenvalue weighted by atomic mass is 9.91. The molecule has 1 aromatic heterocycles. The number of carboxylic acids is 1. The van der Waals surface area contributed by atoms with Crippen molar-refractivity contribution in [3.8, 4) is 23.1 Å². The second-order valence-electron chi connectivity index (χ2n) is 10.2. The molecule has 4 aromatic rings. The van der Waals surface area contributed by atoms with Crippen LogP contribution in [0.15, 0.2) is 65.2 Å². The maximum Gasteiger partial charge on any atom is 0.335 e. The lowest BCUT2D eigenvalue weighted by Crippen LogP contribution is -2.08. The van der Waals surface area contributed by atoms with Crippen LogP contribution in [0, 0.1) is 18.3 Å². The Morgan fingerprint density at radius 2 is 1.92 bits per heavy atom. The predicted molar refractivity (Wildman–Crippen MR) is 150 cm³/mol. The van der Waals surface area contributed by atoms with E-state index in [1.54, 1.807) is 18.2 Å². The number of ether oxygens (including phenoxy) is 1. The number of carboxylic acid groups (broad SMARTS) is 1. The van der Waals surface area contributed by atoms with Crippen LogP contribution in [-0.4, -0.2) is 16.2 Å². The highest BCUT2D eigenvalue weighted by Crippen LogP contribution is 2.61. The molecule has 3 aromatic carbocycles. The molecule has 2 atom stereocenters. The maximum absolute atomic E-state index is 11.2. The summed E-state index contributed by atoms with van der Waals surface area (Å²) in [6.45, 7) is 6.26. The Balaban J connectivity index is 1.38. The number of aromatic carboxylic acids is 1. The zero-order chi connectivity index (χ0) is 27.9. The molecular weight excluding hydrogens is 535 g/mol. The number of nitrogens with zero attached hydrogens (tertiary/aromatic N) is 2. The minimum absolute atomic E-state index is 0.0946. The van der Waals surface area contributed by atoms with Gasteiger partial charge in [-0.3, -0.25) is 0 Å². The number of halogens is 2. The van der Waals surface area contributed by atoms with Crippen molar-refractivity contribution in [2.45, 2.75) is 51.0 Å². The second-order valence-corrected chi connectivity index (χ2v) is 11.0. The summed E-state index contributed by atoms with van der Waals surface area (Å²) in [5.74, 6) is 0.310. The Hall–Kier alpha value is -3.79. The summed E-state index contributed by atoms with van der Waals surface area (Å²) >= 11 is 13.2. The molecule has 1 fully saturated rings. The molecule has 0 spiro atoms. The molecular formula is C31H26Cl2N2O4. The lowest BCUT2D eigenvalue weighted by Gasteiger charge is -2.14. The van der Waals surface area contributed by atoms with Crippen LogP contribution in [-0.2, 0) is 12.0 Å². The highest BCUT2D eigenvalue weighted by atomic mass is 35.5. The van der Waals surface area contributed by atoms with Gasteiger partial charge in [-0.2, -0.15) is 5.26 Å². The average Bonchev–Trinajstić information content (AvgIpc) is 3.50. The van der Waals surface area contributed by atoms with E-state index in [4.69, 9.17) is 32.5 Å². The number of hydrogen-bond donors (Lipinski definition) is 1. The fourth-order valence-electron chi connectivity index (χ4n) is 5.14. The van der Waals surface area contributed by atoms with E-state index in [-0.39, 0.29) is 24.0 Å². The van der Waals surface area contributed by atoms with Gasteiger partial charge in [0.1, 0.15) is 23.8 Å². The molecule has 0 radical (unpaired) electrons. The molecule has 1 N–H and O–H groups in total. The van der Waals surface area contributed by atoms with Gasteiger partial charge in [0.05, 0.1) is 27.6 Å². The first-order valence-electron chi connectivity index (χ1n) is 12.6. The summed E-state index contributed by atoms with van der Waals surface area (Å²) in [6.07, 6.45) is 0.606. The number of carbonyl (C=O) groups is 1. The maximum atomic E-state index is 11.2. The molecule has 2 unspecified atom stereocenters.